The average Bonchev–Trinajstić information content (AvgIpc) is 2.55. The highest BCUT2D eigenvalue weighted by atomic mass is 14.4. The molecule has 0 aliphatic carbocycles. The van der Waals surface area contributed by atoms with Gasteiger partial charge >= 0.3 is 0 Å². The predicted octanol–water partition coefficient (Wildman–Crippen LogP) is 7.14. The lowest BCUT2D eigenvalue weighted by Gasteiger charge is -2.43. The van der Waals surface area contributed by atoms with Crippen LogP contribution in [0.3, 0.4) is 0 Å². The van der Waals surface area contributed by atoms with Crippen LogP contribution in [0.5, 0.6) is 0 Å². The zero-order valence-corrected chi connectivity index (χ0v) is 16.4. The molecule has 0 amide bonds. The summed E-state index contributed by atoms with van der Waals surface area (Å²) in [4.78, 5) is 0. The smallest absolute Gasteiger partial charge is 0.00619 e. The fraction of sp³-hybridized carbons (Fsp3) is 0.500. The fourth-order valence-corrected chi connectivity index (χ4v) is 4.26. The van der Waals surface area contributed by atoms with Gasteiger partial charge in [-0.15, -0.1) is 0 Å². The van der Waals surface area contributed by atoms with Gasteiger partial charge in [0.2, 0.25) is 0 Å². The first-order valence-corrected chi connectivity index (χ1v) is 9.30. The molecule has 0 heterocycles. The topological polar surface area (TPSA) is 0 Å². The van der Waals surface area contributed by atoms with Crippen LogP contribution in [-0.2, 0) is 10.8 Å². The van der Waals surface area contributed by atoms with Gasteiger partial charge in [0.1, 0.15) is 0 Å². The first-order valence-electron chi connectivity index (χ1n) is 9.30. The highest BCUT2D eigenvalue weighted by Gasteiger charge is 2.38. The second kappa shape index (κ2) is 7.13. The first-order chi connectivity index (χ1) is 11.2. The van der Waals surface area contributed by atoms with E-state index in [1.165, 1.54) is 24.0 Å². The average molecular weight is 323 g/mol. The lowest BCUT2D eigenvalue weighted by molar-refractivity contribution is 0.199. The van der Waals surface area contributed by atoms with Crippen molar-refractivity contribution in [1.82, 2.24) is 0 Å². The molecule has 2 rings (SSSR count). The Labute approximate surface area is 149 Å². The van der Waals surface area contributed by atoms with Crippen LogP contribution in [0, 0.1) is 5.41 Å². The number of benzene rings is 2. The molecule has 0 heteroatoms. The van der Waals surface area contributed by atoms with Crippen molar-refractivity contribution in [3.63, 3.8) is 0 Å². The van der Waals surface area contributed by atoms with Crippen LogP contribution in [0.25, 0.3) is 0 Å². The molecule has 0 fully saturated rings. The van der Waals surface area contributed by atoms with Crippen molar-refractivity contribution in [2.24, 2.45) is 5.41 Å². The van der Waals surface area contributed by atoms with E-state index in [1.807, 2.05) is 0 Å². The molecule has 130 valence electrons. The molecule has 0 saturated heterocycles. The SMILES string of the molecule is CCC(C)(C)CC(C)(CC(C)(C)c1ccccc1)c1ccccc1. The van der Waals surface area contributed by atoms with Crippen molar-refractivity contribution >= 4 is 0 Å². The van der Waals surface area contributed by atoms with Crippen molar-refractivity contribution in [3.8, 4) is 0 Å². The van der Waals surface area contributed by atoms with Crippen LogP contribution in [0.2, 0.25) is 0 Å². The summed E-state index contributed by atoms with van der Waals surface area (Å²) in [5.74, 6) is 0. The highest BCUT2D eigenvalue weighted by Crippen LogP contribution is 2.46. The van der Waals surface area contributed by atoms with E-state index in [4.69, 9.17) is 0 Å². The van der Waals surface area contributed by atoms with Crippen LogP contribution >= 0.6 is 0 Å². The van der Waals surface area contributed by atoms with Gasteiger partial charge in [0.05, 0.1) is 0 Å². The van der Waals surface area contributed by atoms with Crippen molar-refractivity contribution in [2.45, 2.75) is 71.6 Å². The Bertz CT molecular complexity index is 622. The van der Waals surface area contributed by atoms with E-state index in [9.17, 15) is 0 Å². The Morgan fingerprint density at radius 2 is 1.08 bits per heavy atom. The molecule has 1 unspecified atom stereocenters. The summed E-state index contributed by atoms with van der Waals surface area (Å²) < 4.78 is 0. The van der Waals surface area contributed by atoms with E-state index < -0.39 is 0 Å². The van der Waals surface area contributed by atoms with Crippen LogP contribution in [0.4, 0.5) is 0 Å². The molecule has 0 N–H and O–H groups in total. The third-order valence-corrected chi connectivity index (χ3v) is 5.68. The minimum Gasteiger partial charge on any atom is -0.0649 e. The third-order valence-electron chi connectivity index (χ3n) is 5.68. The van der Waals surface area contributed by atoms with Crippen LogP contribution in [0.15, 0.2) is 60.7 Å². The maximum Gasteiger partial charge on any atom is -0.00619 e. The summed E-state index contributed by atoms with van der Waals surface area (Å²) in [6, 6.07) is 22.1. The van der Waals surface area contributed by atoms with Gasteiger partial charge in [0, 0.05) is 0 Å². The van der Waals surface area contributed by atoms with E-state index in [-0.39, 0.29) is 10.8 Å². The third kappa shape index (κ3) is 4.50. The molecule has 0 nitrogen and oxygen atoms in total. The maximum absolute atomic E-state index is 2.46. The minimum absolute atomic E-state index is 0.148. The van der Waals surface area contributed by atoms with E-state index in [0.29, 0.717) is 5.41 Å². The van der Waals surface area contributed by atoms with Gasteiger partial charge in [0.15, 0.2) is 0 Å². The molecule has 0 spiro atoms. The summed E-state index contributed by atoms with van der Waals surface area (Å²) >= 11 is 0. The van der Waals surface area contributed by atoms with Gasteiger partial charge in [-0.3, -0.25) is 0 Å². The minimum atomic E-state index is 0.148. The Kier molecular flexibility index (Phi) is 5.58. The van der Waals surface area contributed by atoms with Gasteiger partial charge in [-0.1, -0.05) is 109 Å². The van der Waals surface area contributed by atoms with Crippen molar-refractivity contribution in [2.75, 3.05) is 0 Å². The maximum atomic E-state index is 2.46. The Hall–Kier alpha value is -1.56. The Balaban J connectivity index is 2.40. The molecule has 0 aromatic heterocycles. The van der Waals surface area contributed by atoms with Crippen LogP contribution < -0.4 is 0 Å². The quantitative estimate of drug-likeness (QED) is 0.508. The lowest BCUT2D eigenvalue weighted by Crippen LogP contribution is -2.36. The summed E-state index contributed by atoms with van der Waals surface area (Å²) in [7, 11) is 0. The van der Waals surface area contributed by atoms with Gasteiger partial charge < -0.3 is 0 Å². The largest absolute Gasteiger partial charge is 0.0649 e. The fourth-order valence-electron chi connectivity index (χ4n) is 4.26. The monoisotopic (exact) mass is 322 g/mol. The zero-order chi connectivity index (χ0) is 17.8. The number of hydrogen-bond acceptors (Lipinski definition) is 0. The first kappa shape index (κ1) is 18.8. The molecule has 0 radical (unpaired) electrons. The van der Waals surface area contributed by atoms with E-state index in [1.54, 1.807) is 0 Å². The van der Waals surface area contributed by atoms with Crippen LogP contribution in [0.1, 0.15) is 71.9 Å². The van der Waals surface area contributed by atoms with Crippen molar-refractivity contribution in [1.29, 1.82) is 0 Å². The van der Waals surface area contributed by atoms with Gasteiger partial charge in [-0.05, 0) is 40.2 Å². The molecule has 2 aromatic rings. The molecule has 24 heavy (non-hydrogen) atoms. The predicted molar refractivity (Wildman–Crippen MR) is 107 cm³/mol. The molecule has 1 atom stereocenters. The number of rotatable bonds is 7. The Morgan fingerprint density at radius 1 is 0.625 bits per heavy atom. The second-order valence-electron chi connectivity index (χ2n) is 9.05. The van der Waals surface area contributed by atoms with E-state index in [2.05, 4.69) is 102 Å². The molecule has 0 bridgehead atoms. The summed E-state index contributed by atoms with van der Waals surface area (Å²) in [6.07, 6.45) is 3.56. The van der Waals surface area contributed by atoms with Crippen molar-refractivity contribution in [3.05, 3.63) is 71.8 Å². The molecule has 0 aliphatic rings. The molecule has 2 aromatic carbocycles. The molecular weight excluding hydrogens is 288 g/mol. The summed E-state index contributed by atoms with van der Waals surface area (Å²) in [5, 5.41) is 0. The number of hydrogen-bond donors (Lipinski definition) is 0. The highest BCUT2D eigenvalue weighted by molar-refractivity contribution is 5.30. The van der Waals surface area contributed by atoms with Gasteiger partial charge in [0.25, 0.3) is 0 Å². The van der Waals surface area contributed by atoms with Crippen molar-refractivity contribution < 1.29 is 0 Å². The molecular formula is C24H34. The molecule has 0 saturated carbocycles. The standard InChI is InChI=1S/C24H34/c1-7-22(2,3)18-24(6,21-16-12-9-13-17-21)19-23(4,5)20-14-10-8-11-15-20/h8-17H,7,18-19H2,1-6H3. The van der Waals surface area contributed by atoms with E-state index >= 15 is 0 Å². The van der Waals surface area contributed by atoms with Gasteiger partial charge in [-0.2, -0.15) is 0 Å². The van der Waals surface area contributed by atoms with Gasteiger partial charge in [-0.25, -0.2) is 0 Å². The second-order valence-corrected chi connectivity index (χ2v) is 9.05. The Morgan fingerprint density at radius 3 is 1.54 bits per heavy atom. The van der Waals surface area contributed by atoms with E-state index in [0.717, 1.165) is 6.42 Å². The summed E-state index contributed by atoms with van der Waals surface area (Å²) in [6.45, 7) is 14.4. The summed E-state index contributed by atoms with van der Waals surface area (Å²) in [5.41, 5.74) is 3.56. The van der Waals surface area contributed by atoms with Crippen LogP contribution in [-0.4, -0.2) is 0 Å². The normalized spacial score (nSPS) is 15.1. The zero-order valence-electron chi connectivity index (χ0n) is 16.4. The molecule has 0 aliphatic heterocycles. The lowest BCUT2D eigenvalue weighted by atomic mass is 9.61.